The number of nitrogens with zero attached hydrogens (tertiary/aromatic N) is 1. The van der Waals surface area contributed by atoms with E-state index in [-0.39, 0.29) is 14.8 Å². The Balaban J connectivity index is 1.93. The van der Waals surface area contributed by atoms with E-state index in [9.17, 15) is 4.79 Å². The molecule has 2 atom stereocenters. The van der Waals surface area contributed by atoms with Crippen molar-refractivity contribution in [3.05, 3.63) is 0 Å². The van der Waals surface area contributed by atoms with Crippen LogP contribution < -0.4 is 0 Å². The quantitative estimate of drug-likeness (QED) is 0.0899. The molecule has 1 aliphatic rings. The summed E-state index contributed by atoms with van der Waals surface area (Å²) in [6.45, 7) is 6.43. The van der Waals surface area contributed by atoms with Gasteiger partial charge in [0.2, 0.25) is 0 Å². The summed E-state index contributed by atoms with van der Waals surface area (Å²) in [7, 11) is 2.11. The van der Waals surface area contributed by atoms with Gasteiger partial charge >= 0.3 is 0 Å². The molecule has 0 aromatic heterocycles. The highest BCUT2D eigenvalue weighted by Crippen LogP contribution is 2.26. The van der Waals surface area contributed by atoms with Crippen LogP contribution in [0, 0.1) is 0 Å². The summed E-state index contributed by atoms with van der Waals surface area (Å²) in [6.07, 6.45) is 24.4. The van der Waals surface area contributed by atoms with Crippen LogP contribution in [0.5, 0.6) is 0 Å². The highest BCUT2D eigenvalue weighted by atomic mass is 32.2. The smallest absolute Gasteiger partial charge is 0.185 e. The zero-order valence-corrected chi connectivity index (χ0v) is 25.2. The third-order valence-corrected chi connectivity index (χ3v) is 10.3. The Labute approximate surface area is 219 Å². The molecule has 1 saturated heterocycles. The zero-order chi connectivity index (χ0) is 24.7. The topological polar surface area (TPSA) is 38.8 Å². The molecule has 4 nitrogen and oxygen atoms in total. The number of ether oxygens (including phenoxy) is 2. The van der Waals surface area contributed by atoms with E-state index < -0.39 is 0 Å². The van der Waals surface area contributed by atoms with Crippen LogP contribution in [0.1, 0.15) is 129 Å². The molecule has 0 N–H and O–H groups in total. The lowest BCUT2D eigenvalue weighted by Crippen LogP contribution is -2.34. The molecular formula is C28H57NO3SSi. The standard InChI is InChI=1S/C28H57NO3SSi/c1-4-5-6-7-8-9-10-11-12-13-14-15-16-23-31-25-32-27-19-20-28(34-29(3)22-21-27)18-17-24-33-26(2)30/h27-28H,4-25,34H2,1-3H3. The van der Waals surface area contributed by atoms with Gasteiger partial charge in [-0.05, 0) is 51.2 Å². The largest absolute Gasteiger partial charge is 0.355 e. The first kappa shape index (κ1) is 32.1. The fourth-order valence-electron chi connectivity index (χ4n) is 4.97. The Morgan fingerprint density at radius 3 is 2.12 bits per heavy atom. The lowest BCUT2D eigenvalue weighted by Gasteiger charge is -2.30. The van der Waals surface area contributed by atoms with Crippen molar-refractivity contribution in [1.29, 1.82) is 0 Å². The van der Waals surface area contributed by atoms with E-state index in [4.69, 9.17) is 9.47 Å². The minimum Gasteiger partial charge on any atom is -0.355 e. The third kappa shape index (κ3) is 20.3. The summed E-state index contributed by atoms with van der Waals surface area (Å²) >= 11 is 1.48. The molecule has 34 heavy (non-hydrogen) atoms. The van der Waals surface area contributed by atoms with E-state index >= 15 is 0 Å². The molecule has 0 radical (unpaired) electrons. The maximum Gasteiger partial charge on any atom is 0.185 e. The van der Waals surface area contributed by atoms with Gasteiger partial charge in [-0.1, -0.05) is 102 Å². The third-order valence-electron chi connectivity index (χ3n) is 7.14. The van der Waals surface area contributed by atoms with E-state index in [2.05, 4.69) is 18.5 Å². The Hall–Kier alpha value is 0.117. The van der Waals surface area contributed by atoms with E-state index in [1.165, 1.54) is 121 Å². The summed E-state index contributed by atoms with van der Waals surface area (Å²) in [5.74, 6) is 0.983. The maximum atomic E-state index is 11.1. The van der Waals surface area contributed by atoms with Crippen molar-refractivity contribution >= 4 is 26.6 Å². The highest BCUT2D eigenvalue weighted by Gasteiger charge is 2.20. The van der Waals surface area contributed by atoms with Crippen LogP contribution in [0.2, 0.25) is 5.54 Å². The molecule has 1 heterocycles. The minimum absolute atomic E-state index is 0.176. The SMILES string of the molecule is CCCCCCCCCCCCCCCOCOC1CCC(CCCSC(C)=O)[SiH2]N(C)CC1. The normalized spacial score (nSPS) is 20.4. The van der Waals surface area contributed by atoms with Crippen molar-refractivity contribution < 1.29 is 14.3 Å². The van der Waals surface area contributed by atoms with Crippen LogP contribution in [-0.2, 0) is 14.3 Å². The van der Waals surface area contributed by atoms with Crippen LogP contribution >= 0.6 is 11.8 Å². The first-order valence-corrected chi connectivity index (χ1v) is 17.1. The van der Waals surface area contributed by atoms with Gasteiger partial charge in [-0.3, -0.25) is 4.79 Å². The zero-order valence-electron chi connectivity index (χ0n) is 23.0. The van der Waals surface area contributed by atoms with Gasteiger partial charge in [0.1, 0.15) is 6.79 Å². The van der Waals surface area contributed by atoms with Crippen molar-refractivity contribution in [2.45, 2.75) is 141 Å². The summed E-state index contributed by atoms with van der Waals surface area (Å²) in [4.78, 5) is 11.1. The van der Waals surface area contributed by atoms with Crippen molar-refractivity contribution in [3.8, 4) is 0 Å². The highest BCUT2D eigenvalue weighted by molar-refractivity contribution is 8.13. The van der Waals surface area contributed by atoms with Gasteiger partial charge in [0.05, 0.1) is 15.8 Å². The molecule has 0 amide bonds. The second-order valence-corrected chi connectivity index (χ2v) is 14.4. The van der Waals surface area contributed by atoms with Gasteiger partial charge in [-0.2, -0.15) is 0 Å². The second kappa shape index (κ2) is 23.5. The Morgan fingerprint density at radius 2 is 1.50 bits per heavy atom. The molecule has 202 valence electrons. The molecule has 2 unspecified atom stereocenters. The van der Waals surface area contributed by atoms with E-state index in [0.29, 0.717) is 12.9 Å². The van der Waals surface area contributed by atoms with Crippen LogP contribution in [-0.4, -0.2) is 58.2 Å². The van der Waals surface area contributed by atoms with Crippen molar-refractivity contribution in [1.82, 2.24) is 4.57 Å². The average molecular weight is 516 g/mol. The summed E-state index contributed by atoms with van der Waals surface area (Å²) in [6, 6.07) is 0. The van der Waals surface area contributed by atoms with Gasteiger partial charge in [-0.15, -0.1) is 0 Å². The fourth-order valence-corrected chi connectivity index (χ4v) is 7.70. The molecule has 0 aromatic rings. The minimum atomic E-state index is -0.176. The van der Waals surface area contributed by atoms with E-state index in [0.717, 1.165) is 30.9 Å². The molecule has 0 bridgehead atoms. The summed E-state index contributed by atoms with van der Waals surface area (Å²) in [5, 5.41) is 0.249. The lowest BCUT2D eigenvalue weighted by atomic mass is 10.0. The van der Waals surface area contributed by atoms with Gasteiger partial charge in [-0.25, -0.2) is 0 Å². The number of carbonyl (C=O) groups is 1. The monoisotopic (exact) mass is 515 g/mol. The van der Waals surface area contributed by atoms with Crippen molar-refractivity contribution in [2.75, 3.05) is 32.7 Å². The van der Waals surface area contributed by atoms with Crippen molar-refractivity contribution in [2.24, 2.45) is 0 Å². The average Bonchev–Trinajstić information content (AvgIpc) is 2.81. The first-order valence-electron chi connectivity index (χ1n) is 14.6. The predicted molar refractivity (Wildman–Crippen MR) is 153 cm³/mol. The Kier molecular flexibility index (Phi) is 22.2. The second-order valence-electron chi connectivity index (χ2n) is 10.5. The molecule has 1 fully saturated rings. The number of carbonyl (C=O) groups excluding carboxylic acids is 1. The van der Waals surface area contributed by atoms with E-state index in [1.807, 2.05) is 0 Å². The number of unbranched alkanes of at least 4 members (excludes halogenated alkanes) is 12. The number of hydrogen-bond donors (Lipinski definition) is 0. The molecule has 1 aliphatic heterocycles. The molecule has 0 spiro atoms. The first-order chi connectivity index (χ1) is 16.6. The predicted octanol–water partition coefficient (Wildman–Crippen LogP) is 7.48. The fraction of sp³-hybridized carbons (Fsp3) is 0.964. The molecular weight excluding hydrogens is 458 g/mol. The summed E-state index contributed by atoms with van der Waals surface area (Å²) in [5.41, 5.74) is 0.857. The Morgan fingerprint density at radius 1 is 0.882 bits per heavy atom. The molecule has 1 rings (SSSR count). The number of rotatable bonds is 21. The Bertz CT molecular complexity index is 469. The van der Waals surface area contributed by atoms with Gasteiger partial charge in [0.25, 0.3) is 0 Å². The van der Waals surface area contributed by atoms with Gasteiger partial charge in [0, 0.05) is 19.3 Å². The molecule has 6 heteroatoms. The molecule has 0 aliphatic carbocycles. The van der Waals surface area contributed by atoms with Gasteiger partial charge in [0.15, 0.2) is 5.12 Å². The van der Waals surface area contributed by atoms with Crippen LogP contribution in [0.3, 0.4) is 0 Å². The molecule has 0 saturated carbocycles. The van der Waals surface area contributed by atoms with Crippen LogP contribution in [0.25, 0.3) is 0 Å². The molecule has 0 aromatic carbocycles. The number of hydrogen-bond acceptors (Lipinski definition) is 5. The van der Waals surface area contributed by atoms with Crippen LogP contribution in [0.15, 0.2) is 0 Å². The maximum absolute atomic E-state index is 11.1. The van der Waals surface area contributed by atoms with E-state index in [1.54, 1.807) is 6.92 Å². The lowest BCUT2D eigenvalue weighted by molar-refractivity contribution is -0.109. The summed E-state index contributed by atoms with van der Waals surface area (Å²) < 4.78 is 14.5. The van der Waals surface area contributed by atoms with Crippen LogP contribution in [0.4, 0.5) is 0 Å². The van der Waals surface area contributed by atoms with Gasteiger partial charge < -0.3 is 14.0 Å². The number of thioether (sulfide) groups is 1. The van der Waals surface area contributed by atoms with Crippen molar-refractivity contribution in [3.63, 3.8) is 0 Å².